The lowest BCUT2D eigenvalue weighted by atomic mass is 9.95. The molecular formula is C20H18N4OS. The summed E-state index contributed by atoms with van der Waals surface area (Å²) in [5, 5.41) is 27.8. The van der Waals surface area contributed by atoms with Crippen LogP contribution in [0.5, 0.6) is 0 Å². The van der Waals surface area contributed by atoms with E-state index in [1.54, 1.807) is 32.1 Å². The van der Waals surface area contributed by atoms with Crippen LogP contribution in [0.3, 0.4) is 0 Å². The Morgan fingerprint density at radius 3 is 2.12 bits per heavy atom. The summed E-state index contributed by atoms with van der Waals surface area (Å²) in [6.07, 6.45) is 3.59. The van der Waals surface area contributed by atoms with Gasteiger partial charge < -0.3 is 4.90 Å². The van der Waals surface area contributed by atoms with Gasteiger partial charge in [0.1, 0.15) is 23.8 Å². The van der Waals surface area contributed by atoms with E-state index in [1.807, 2.05) is 55.4 Å². The molecule has 0 fully saturated rings. The first-order valence-corrected chi connectivity index (χ1v) is 9.00. The van der Waals surface area contributed by atoms with Gasteiger partial charge in [-0.15, -0.1) is 0 Å². The second kappa shape index (κ2) is 7.40. The van der Waals surface area contributed by atoms with Crippen LogP contribution in [0.4, 0.5) is 5.69 Å². The molecule has 0 saturated heterocycles. The fourth-order valence-corrected chi connectivity index (χ4v) is 4.17. The van der Waals surface area contributed by atoms with E-state index in [9.17, 15) is 9.47 Å². The molecular weight excluding hydrogens is 344 g/mol. The fourth-order valence-electron chi connectivity index (χ4n) is 2.67. The van der Waals surface area contributed by atoms with Crippen molar-refractivity contribution in [2.75, 3.05) is 19.0 Å². The number of hydrogen-bond donors (Lipinski definition) is 0. The maximum Gasteiger partial charge on any atom is 0.147 e. The van der Waals surface area contributed by atoms with Crippen LogP contribution in [-0.4, -0.2) is 23.1 Å². The monoisotopic (exact) mass is 362 g/mol. The number of nitriles is 3. The molecule has 26 heavy (non-hydrogen) atoms. The smallest absolute Gasteiger partial charge is 0.147 e. The van der Waals surface area contributed by atoms with Crippen LogP contribution in [0.25, 0.3) is 6.08 Å². The normalized spacial score (nSPS) is 18.3. The number of anilines is 1. The zero-order valence-corrected chi connectivity index (χ0v) is 15.9. The first-order chi connectivity index (χ1) is 12.3. The van der Waals surface area contributed by atoms with Crippen LogP contribution < -0.4 is 4.90 Å². The molecule has 0 saturated carbocycles. The van der Waals surface area contributed by atoms with Gasteiger partial charge in [0.15, 0.2) is 0 Å². The van der Waals surface area contributed by atoms with E-state index in [4.69, 9.17) is 10.5 Å². The maximum atomic E-state index is 12.8. The van der Waals surface area contributed by atoms with Crippen molar-refractivity contribution in [3.63, 3.8) is 0 Å². The average Bonchev–Trinajstić information content (AvgIpc) is 2.81. The summed E-state index contributed by atoms with van der Waals surface area (Å²) in [5.41, 5.74) is 2.44. The SMILES string of the molecule is CN(C)c1ccc(/C=C/C2=C(C#N)C(=C(C#N)C#N)S(=O)C2(C)C)cc1. The molecule has 0 amide bonds. The molecule has 1 aromatic carbocycles. The molecule has 1 aliphatic rings. The standard InChI is InChI=1S/C20H18N4OS/c1-20(2)18(10-7-14-5-8-16(9-6-14)24(3)4)17(13-23)19(26(20)25)15(11-21)12-22/h5-10H,1-4H3/b10-7+. The molecule has 130 valence electrons. The Balaban J connectivity index is 2.55. The molecule has 1 unspecified atom stereocenters. The van der Waals surface area contributed by atoms with Crippen LogP contribution in [0, 0.1) is 34.0 Å². The predicted molar refractivity (Wildman–Crippen MR) is 103 cm³/mol. The van der Waals surface area contributed by atoms with Gasteiger partial charge in [0.25, 0.3) is 0 Å². The summed E-state index contributed by atoms with van der Waals surface area (Å²) in [5.74, 6) is 0. The Kier molecular flexibility index (Phi) is 5.46. The van der Waals surface area contributed by atoms with Gasteiger partial charge in [-0.05, 0) is 37.1 Å². The summed E-state index contributed by atoms with van der Waals surface area (Å²) in [6.45, 7) is 3.49. The largest absolute Gasteiger partial charge is 0.378 e. The maximum absolute atomic E-state index is 12.8. The van der Waals surface area contributed by atoms with Crippen molar-refractivity contribution in [2.45, 2.75) is 18.6 Å². The van der Waals surface area contributed by atoms with Crippen molar-refractivity contribution in [3.8, 4) is 18.2 Å². The van der Waals surface area contributed by atoms with Crippen LogP contribution in [-0.2, 0) is 10.8 Å². The highest BCUT2D eigenvalue weighted by molar-refractivity contribution is 7.91. The first kappa shape index (κ1) is 19.2. The lowest BCUT2D eigenvalue weighted by Gasteiger charge is -2.18. The average molecular weight is 362 g/mol. The van der Waals surface area contributed by atoms with Crippen molar-refractivity contribution in [1.29, 1.82) is 15.8 Å². The van der Waals surface area contributed by atoms with Gasteiger partial charge in [-0.3, -0.25) is 4.21 Å². The van der Waals surface area contributed by atoms with Gasteiger partial charge >= 0.3 is 0 Å². The molecule has 1 aliphatic heterocycles. The highest BCUT2D eigenvalue weighted by atomic mass is 32.2. The van der Waals surface area contributed by atoms with E-state index < -0.39 is 15.5 Å². The molecule has 0 spiro atoms. The number of hydrogen-bond acceptors (Lipinski definition) is 5. The minimum atomic E-state index is -1.65. The van der Waals surface area contributed by atoms with E-state index in [0.717, 1.165) is 11.3 Å². The molecule has 1 aromatic rings. The molecule has 0 N–H and O–H groups in total. The quantitative estimate of drug-likeness (QED) is 0.768. The molecule has 0 aromatic heterocycles. The zero-order chi connectivity index (χ0) is 19.5. The Morgan fingerprint density at radius 1 is 1.08 bits per heavy atom. The Labute approximate surface area is 156 Å². The van der Waals surface area contributed by atoms with E-state index in [1.165, 1.54) is 0 Å². The molecule has 0 bridgehead atoms. The van der Waals surface area contributed by atoms with Gasteiger partial charge in [0, 0.05) is 19.8 Å². The number of benzene rings is 1. The van der Waals surface area contributed by atoms with Gasteiger partial charge in [0.2, 0.25) is 0 Å². The molecule has 5 nitrogen and oxygen atoms in total. The molecule has 0 aliphatic carbocycles. The van der Waals surface area contributed by atoms with E-state index in [0.29, 0.717) is 5.57 Å². The molecule has 1 heterocycles. The minimum absolute atomic E-state index is 0.0325. The number of nitrogens with zero attached hydrogens (tertiary/aromatic N) is 4. The first-order valence-electron chi connectivity index (χ1n) is 7.85. The van der Waals surface area contributed by atoms with E-state index in [-0.39, 0.29) is 16.1 Å². The van der Waals surface area contributed by atoms with Crippen LogP contribution in [0.1, 0.15) is 19.4 Å². The highest BCUT2D eigenvalue weighted by Gasteiger charge is 2.43. The summed E-state index contributed by atoms with van der Waals surface area (Å²) < 4.78 is 12.0. The third-order valence-electron chi connectivity index (χ3n) is 4.21. The Bertz CT molecular complexity index is 959. The van der Waals surface area contributed by atoms with Crippen LogP contribution in [0.15, 0.2) is 52.0 Å². The summed E-state index contributed by atoms with van der Waals surface area (Å²) >= 11 is 0. The lowest BCUT2D eigenvalue weighted by Crippen LogP contribution is -2.24. The summed E-state index contributed by atoms with van der Waals surface area (Å²) in [7, 11) is 2.27. The lowest BCUT2D eigenvalue weighted by molar-refractivity contribution is 0.668. The molecule has 0 radical (unpaired) electrons. The van der Waals surface area contributed by atoms with Crippen LogP contribution in [0.2, 0.25) is 0 Å². The third kappa shape index (κ3) is 3.31. The fraction of sp³-hybridized carbons (Fsp3) is 0.250. The highest BCUT2D eigenvalue weighted by Crippen LogP contribution is 2.43. The van der Waals surface area contributed by atoms with Crippen molar-refractivity contribution < 1.29 is 4.21 Å². The topological polar surface area (TPSA) is 91.7 Å². The minimum Gasteiger partial charge on any atom is -0.378 e. The van der Waals surface area contributed by atoms with Crippen molar-refractivity contribution in [1.82, 2.24) is 0 Å². The van der Waals surface area contributed by atoms with E-state index >= 15 is 0 Å². The Morgan fingerprint density at radius 2 is 1.65 bits per heavy atom. The van der Waals surface area contributed by atoms with Crippen molar-refractivity contribution in [2.24, 2.45) is 0 Å². The summed E-state index contributed by atoms with van der Waals surface area (Å²) in [4.78, 5) is 2.03. The molecule has 2 rings (SSSR count). The van der Waals surface area contributed by atoms with Gasteiger partial charge in [-0.1, -0.05) is 24.3 Å². The van der Waals surface area contributed by atoms with E-state index in [2.05, 4.69) is 0 Å². The summed E-state index contributed by atoms with van der Waals surface area (Å²) in [6, 6.07) is 13.4. The molecule has 6 heteroatoms. The predicted octanol–water partition coefficient (Wildman–Crippen LogP) is 3.43. The van der Waals surface area contributed by atoms with Crippen LogP contribution >= 0.6 is 0 Å². The Hall–Kier alpha value is -3.14. The van der Waals surface area contributed by atoms with Gasteiger partial charge in [-0.25, -0.2) is 0 Å². The second-order valence-corrected chi connectivity index (χ2v) is 8.39. The van der Waals surface area contributed by atoms with Crippen molar-refractivity contribution in [3.05, 3.63) is 57.5 Å². The number of allylic oxidation sites excluding steroid dienone is 3. The second-order valence-electron chi connectivity index (χ2n) is 6.43. The zero-order valence-electron chi connectivity index (χ0n) is 15.1. The van der Waals surface area contributed by atoms with Gasteiger partial charge in [0.05, 0.1) is 26.0 Å². The molecule has 1 atom stereocenters. The number of rotatable bonds is 3. The van der Waals surface area contributed by atoms with Crippen molar-refractivity contribution >= 4 is 22.6 Å². The van der Waals surface area contributed by atoms with Gasteiger partial charge in [-0.2, -0.15) is 15.8 Å². The third-order valence-corrected chi connectivity index (χ3v) is 6.13.